The Labute approximate surface area is 223 Å². The van der Waals surface area contributed by atoms with E-state index in [1.165, 1.54) is 49.6 Å². The summed E-state index contributed by atoms with van der Waals surface area (Å²) in [6.45, 7) is 0.0229. The van der Waals surface area contributed by atoms with Crippen LogP contribution in [0, 0.1) is 19.5 Å². The number of nitro groups is 1. The number of nitrogens with one attached hydrogen (secondary N) is 1. The number of methoxy groups -OCH3 is 1. The fourth-order valence-electron chi connectivity index (χ4n) is 3.55. The number of barbiturate groups is 1. The van der Waals surface area contributed by atoms with Crippen molar-refractivity contribution in [3.8, 4) is 11.5 Å². The Hall–Kier alpha value is -4.33. The van der Waals surface area contributed by atoms with E-state index in [9.17, 15) is 28.9 Å². The van der Waals surface area contributed by atoms with Crippen molar-refractivity contribution in [3.05, 3.63) is 96.9 Å². The average Bonchev–Trinajstić information content (AvgIpc) is 2.86. The van der Waals surface area contributed by atoms with Crippen LogP contribution in [0.1, 0.15) is 11.1 Å². The molecule has 1 aliphatic heterocycles. The third kappa shape index (κ3) is 5.43. The molecule has 1 saturated heterocycles. The first kappa shape index (κ1) is 25.8. The molecule has 0 aliphatic carbocycles. The number of amides is 4. The van der Waals surface area contributed by atoms with Gasteiger partial charge in [0.25, 0.3) is 17.5 Å². The SMILES string of the molecule is COc1cc(/C=C2/C(=O)NC(=O)N(c3ccccc3F)C2=O)cc(I)c1OCc1cccc([N+](=O)[O-])c1. The maximum Gasteiger partial charge on any atom is 0.336 e. The standard InChI is InChI=1S/C25H17FIN3O7/c1-36-21-12-15(11-19(27)22(21)37-13-14-5-4-6-16(9-14)30(34)35)10-17-23(31)28-25(33)29(24(17)32)20-8-3-2-7-18(20)26/h2-12H,13H2,1H3,(H,28,31,33)/b17-10-. The van der Waals surface area contributed by atoms with Crippen LogP contribution in [0.15, 0.2) is 66.2 Å². The van der Waals surface area contributed by atoms with Crippen LogP contribution in [0.25, 0.3) is 6.08 Å². The highest BCUT2D eigenvalue weighted by Crippen LogP contribution is 2.36. The first-order chi connectivity index (χ1) is 17.7. The number of non-ortho nitro benzene ring substituents is 1. The zero-order valence-corrected chi connectivity index (χ0v) is 21.2. The molecule has 1 N–H and O–H groups in total. The molecule has 12 heteroatoms. The highest BCUT2D eigenvalue weighted by atomic mass is 127. The zero-order chi connectivity index (χ0) is 26.7. The molecular formula is C25H17FIN3O7. The lowest BCUT2D eigenvalue weighted by molar-refractivity contribution is -0.384. The summed E-state index contributed by atoms with van der Waals surface area (Å²) in [7, 11) is 1.40. The van der Waals surface area contributed by atoms with E-state index in [1.54, 1.807) is 18.2 Å². The number of para-hydroxylation sites is 1. The van der Waals surface area contributed by atoms with Crippen molar-refractivity contribution in [1.82, 2.24) is 5.32 Å². The van der Waals surface area contributed by atoms with Gasteiger partial charge < -0.3 is 9.47 Å². The molecule has 0 spiro atoms. The Morgan fingerprint density at radius 3 is 2.57 bits per heavy atom. The summed E-state index contributed by atoms with van der Waals surface area (Å²) < 4.78 is 26.1. The van der Waals surface area contributed by atoms with Crippen molar-refractivity contribution in [3.63, 3.8) is 0 Å². The summed E-state index contributed by atoms with van der Waals surface area (Å²) in [5, 5.41) is 13.1. The molecule has 4 rings (SSSR count). The van der Waals surface area contributed by atoms with Gasteiger partial charge in [-0.05, 0) is 64.1 Å². The number of carbonyl (C=O) groups is 3. The first-order valence-electron chi connectivity index (χ1n) is 10.6. The van der Waals surface area contributed by atoms with Crippen molar-refractivity contribution in [2.24, 2.45) is 0 Å². The van der Waals surface area contributed by atoms with Crippen LogP contribution in [0.4, 0.5) is 20.6 Å². The van der Waals surface area contributed by atoms with Crippen LogP contribution in [-0.2, 0) is 16.2 Å². The largest absolute Gasteiger partial charge is 0.493 e. The van der Waals surface area contributed by atoms with Crippen LogP contribution < -0.4 is 19.7 Å². The number of nitro benzene ring substituents is 1. The number of rotatable bonds is 7. The molecule has 1 aliphatic rings. The molecule has 0 saturated carbocycles. The number of urea groups is 1. The van der Waals surface area contributed by atoms with Crippen molar-refractivity contribution >= 4 is 57.9 Å². The van der Waals surface area contributed by atoms with Gasteiger partial charge in [0.15, 0.2) is 11.5 Å². The minimum Gasteiger partial charge on any atom is -0.493 e. The van der Waals surface area contributed by atoms with Crippen molar-refractivity contribution in [1.29, 1.82) is 0 Å². The molecule has 1 heterocycles. The van der Waals surface area contributed by atoms with Gasteiger partial charge in [0.05, 0.1) is 21.3 Å². The molecule has 0 atom stereocenters. The van der Waals surface area contributed by atoms with Crippen molar-refractivity contribution < 1.29 is 33.2 Å². The number of anilines is 1. The van der Waals surface area contributed by atoms with E-state index in [2.05, 4.69) is 0 Å². The summed E-state index contributed by atoms with van der Waals surface area (Å²) in [4.78, 5) is 48.9. The molecule has 0 radical (unpaired) electrons. The van der Waals surface area contributed by atoms with Crippen molar-refractivity contribution in [2.45, 2.75) is 6.61 Å². The van der Waals surface area contributed by atoms with Crippen LogP contribution in [-0.4, -0.2) is 29.9 Å². The van der Waals surface area contributed by atoms with E-state index in [0.717, 1.165) is 6.07 Å². The number of halogens is 2. The summed E-state index contributed by atoms with van der Waals surface area (Å²) in [5.74, 6) is -2.10. The second-order valence-electron chi connectivity index (χ2n) is 7.66. The highest BCUT2D eigenvalue weighted by Gasteiger charge is 2.38. The Kier molecular flexibility index (Phi) is 7.47. The monoisotopic (exact) mass is 617 g/mol. The van der Waals surface area contributed by atoms with E-state index in [-0.39, 0.29) is 29.3 Å². The number of benzene rings is 3. The molecule has 188 valence electrons. The molecule has 37 heavy (non-hydrogen) atoms. The summed E-state index contributed by atoms with van der Waals surface area (Å²) in [5.41, 5.74) is 0.209. The molecule has 10 nitrogen and oxygen atoms in total. The molecule has 3 aromatic rings. The summed E-state index contributed by atoms with van der Waals surface area (Å²) in [6, 6.07) is 13.3. The number of hydrogen-bond donors (Lipinski definition) is 1. The summed E-state index contributed by atoms with van der Waals surface area (Å²) >= 11 is 1.98. The van der Waals surface area contributed by atoms with Gasteiger partial charge in [-0.3, -0.25) is 25.0 Å². The minimum atomic E-state index is -1.06. The third-order valence-corrected chi connectivity index (χ3v) is 6.06. The summed E-state index contributed by atoms with van der Waals surface area (Å²) in [6.07, 6.45) is 1.26. The van der Waals surface area contributed by atoms with E-state index in [4.69, 9.17) is 9.47 Å². The molecule has 3 aromatic carbocycles. The highest BCUT2D eigenvalue weighted by molar-refractivity contribution is 14.1. The van der Waals surface area contributed by atoms with E-state index in [0.29, 0.717) is 25.3 Å². The molecule has 0 aromatic heterocycles. The predicted octanol–water partition coefficient (Wildman–Crippen LogP) is 4.59. The Morgan fingerprint density at radius 2 is 1.86 bits per heavy atom. The topological polar surface area (TPSA) is 128 Å². The minimum absolute atomic E-state index is 0.0229. The molecule has 1 fully saturated rings. The number of carbonyl (C=O) groups excluding carboxylic acids is 3. The fourth-order valence-corrected chi connectivity index (χ4v) is 4.34. The lowest BCUT2D eigenvalue weighted by Gasteiger charge is -2.26. The quantitative estimate of drug-likeness (QED) is 0.135. The van der Waals surface area contributed by atoms with E-state index < -0.39 is 28.6 Å². The molecule has 0 bridgehead atoms. The van der Waals surface area contributed by atoms with Gasteiger partial charge >= 0.3 is 6.03 Å². The van der Waals surface area contributed by atoms with Gasteiger partial charge in [-0.25, -0.2) is 14.1 Å². The van der Waals surface area contributed by atoms with Crippen LogP contribution >= 0.6 is 22.6 Å². The predicted molar refractivity (Wildman–Crippen MR) is 139 cm³/mol. The van der Waals surface area contributed by atoms with Crippen LogP contribution in [0.3, 0.4) is 0 Å². The third-order valence-electron chi connectivity index (χ3n) is 5.26. The van der Waals surface area contributed by atoms with E-state index in [1.807, 2.05) is 27.9 Å². The zero-order valence-electron chi connectivity index (χ0n) is 19.1. The Morgan fingerprint density at radius 1 is 1.11 bits per heavy atom. The Balaban J connectivity index is 1.64. The van der Waals surface area contributed by atoms with Gasteiger partial charge in [-0.2, -0.15) is 0 Å². The lowest BCUT2D eigenvalue weighted by atomic mass is 10.1. The number of hydrogen-bond acceptors (Lipinski definition) is 7. The lowest BCUT2D eigenvalue weighted by Crippen LogP contribution is -2.54. The van der Waals surface area contributed by atoms with E-state index >= 15 is 0 Å². The van der Waals surface area contributed by atoms with Gasteiger partial charge in [-0.15, -0.1) is 0 Å². The molecule has 0 unspecified atom stereocenters. The number of ether oxygens (including phenoxy) is 2. The smallest absolute Gasteiger partial charge is 0.336 e. The maximum absolute atomic E-state index is 14.3. The van der Waals surface area contributed by atoms with Crippen LogP contribution in [0.2, 0.25) is 0 Å². The normalized spacial score (nSPS) is 14.5. The second-order valence-corrected chi connectivity index (χ2v) is 8.82. The number of nitrogens with zero attached hydrogens (tertiary/aromatic N) is 2. The molecule has 4 amide bonds. The van der Waals surface area contributed by atoms with Gasteiger partial charge in [0.1, 0.15) is 18.0 Å². The molecular weight excluding hydrogens is 600 g/mol. The number of imide groups is 2. The fraction of sp³-hybridized carbons (Fsp3) is 0.0800. The maximum atomic E-state index is 14.3. The van der Waals surface area contributed by atoms with Crippen LogP contribution in [0.5, 0.6) is 11.5 Å². The average molecular weight is 617 g/mol. The van der Waals surface area contributed by atoms with Gasteiger partial charge in [-0.1, -0.05) is 24.3 Å². The first-order valence-corrected chi connectivity index (χ1v) is 11.7. The van der Waals surface area contributed by atoms with Gasteiger partial charge in [0.2, 0.25) is 0 Å². The van der Waals surface area contributed by atoms with Gasteiger partial charge in [0, 0.05) is 12.1 Å². The van der Waals surface area contributed by atoms with Crippen molar-refractivity contribution in [2.75, 3.05) is 12.0 Å². The second kappa shape index (κ2) is 10.7. The Bertz CT molecular complexity index is 1470.